The monoisotopic (exact) mass is 490 g/mol. The molecule has 2 amide bonds. The molecule has 0 radical (unpaired) electrons. The number of hydrogen-bond acceptors (Lipinski definition) is 6. The smallest absolute Gasteiger partial charge is 0.405 e. The quantitative estimate of drug-likeness (QED) is 0.377. The third kappa shape index (κ3) is 7.43. The Morgan fingerprint density at radius 1 is 1.24 bits per heavy atom. The van der Waals surface area contributed by atoms with Crippen molar-refractivity contribution in [1.82, 2.24) is 15.5 Å². The van der Waals surface area contributed by atoms with Crippen LogP contribution in [-0.2, 0) is 0 Å². The first-order chi connectivity index (χ1) is 16.4. The van der Waals surface area contributed by atoms with E-state index < -0.39 is 6.09 Å². The Labute approximate surface area is 204 Å². The highest BCUT2D eigenvalue weighted by molar-refractivity contribution is 6.33. The Kier molecular flexibility index (Phi) is 9.24. The zero-order chi connectivity index (χ0) is 24.5. The molecule has 1 atom stereocenters. The van der Waals surface area contributed by atoms with Gasteiger partial charge in [0, 0.05) is 19.2 Å². The molecule has 184 valence electrons. The highest BCUT2D eigenvalue weighted by Gasteiger charge is 2.24. The average Bonchev–Trinajstić information content (AvgIpc) is 2.83. The lowest BCUT2D eigenvalue weighted by molar-refractivity contribution is 0.0929. The number of para-hydroxylation sites is 1. The number of likely N-dealkylation sites (tertiary alicyclic amines) is 1. The van der Waals surface area contributed by atoms with Gasteiger partial charge in [-0.25, -0.2) is 4.79 Å². The molecule has 1 saturated heterocycles. The summed E-state index contributed by atoms with van der Waals surface area (Å²) in [6, 6.07) is 12.0. The van der Waals surface area contributed by atoms with Crippen molar-refractivity contribution >= 4 is 29.3 Å². The number of rotatable bonds is 10. The van der Waals surface area contributed by atoms with Gasteiger partial charge < -0.3 is 35.8 Å². The maximum Gasteiger partial charge on any atom is 0.405 e. The lowest BCUT2D eigenvalue weighted by atomic mass is 9.96. The molecule has 0 aromatic heterocycles. The summed E-state index contributed by atoms with van der Waals surface area (Å²) in [5.74, 6) is 1.14. The number of nitrogens with one attached hydrogen (secondary N) is 2. The number of nitrogens with zero attached hydrogens (tertiary/aromatic N) is 1. The number of methoxy groups -OCH3 is 1. The van der Waals surface area contributed by atoms with Gasteiger partial charge in [0.15, 0.2) is 0 Å². The van der Waals surface area contributed by atoms with E-state index in [4.69, 9.17) is 26.8 Å². The van der Waals surface area contributed by atoms with E-state index in [9.17, 15) is 14.7 Å². The highest BCUT2D eigenvalue weighted by atomic mass is 35.5. The van der Waals surface area contributed by atoms with E-state index in [1.165, 1.54) is 13.2 Å². The summed E-state index contributed by atoms with van der Waals surface area (Å²) in [5, 5.41) is 15.0. The number of amides is 2. The van der Waals surface area contributed by atoms with Gasteiger partial charge in [0.25, 0.3) is 5.91 Å². The summed E-state index contributed by atoms with van der Waals surface area (Å²) in [5.41, 5.74) is 6.49. The van der Waals surface area contributed by atoms with Crippen molar-refractivity contribution in [3.05, 3.63) is 53.1 Å². The molecule has 0 bridgehead atoms. The molecule has 3 rings (SSSR count). The van der Waals surface area contributed by atoms with Crippen LogP contribution >= 0.6 is 11.6 Å². The zero-order valence-electron chi connectivity index (χ0n) is 19.1. The van der Waals surface area contributed by atoms with Crippen LogP contribution in [0.3, 0.4) is 0 Å². The van der Waals surface area contributed by atoms with Gasteiger partial charge in [0.05, 0.1) is 29.4 Å². The predicted molar refractivity (Wildman–Crippen MR) is 131 cm³/mol. The Morgan fingerprint density at radius 3 is 2.59 bits per heavy atom. The maximum atomic E-state index is 12.7. The molecular formula is C24H31ClN4O5. The molecular weight excluding hydrogens is 460 g/mol. The van der Waals surface area contributed by atoms with Gasteiger partial charge >= 0.3 is 6.09 Å². The van der Waals surface area contributed by atoms with Gasteiger partial charge in [0.1, 0.15) is 18.1 Å². The molecule has 34 heavy (non-hydrogen) atoms. The van der Waals surface area contributed by atoms with Crippen molar-refractivity contribution < 1.29 is 24.2 Å². The van der Waals surface area contributed by atoms with E-state index >= 15 is 0 Å². The van der Waals surface area contributed by atoms with Crippen LogP contribution in [0, 0.1) is 5.92 Å². The fourth-order valence-corrected chi connectivity index (χ4v) is 4.12. The Bertz CT molecular complexity index is 967. The second-order valence-electron chi connectivity index (χ2n) is 8.30. The van der Waals surface area contributed by atoms with Crippen molar-refractivity contribution in [1.29, 1.82) is 0 Å². The zero-order valence-corrected chi connectivity index (χ0v) is 19.9. The molecule has 1 heterocycles. The summed E-state index contributed by atoms with van der Waals surface area (Å²) in [7, 11) is 1.48. The van der Waals surface area contributed by atoms with Crippen LogP contribution in [0.25, 0.3) is 0 Å². The summed E-state index contributed by atoms with van der Waals surface area (Å²) in [6.45, 7) is 2.95. The predicted octanol–water partition coefficient (Wildman–Crippen LogP) is 3.09. The standard InChI is InChI=1S/C24H31ClN4O5/c1-33-22-12-21(26)20(25)11-19(22)23(30)27-13-16-7-9-29(10-8-16)14-17(28-24(31)32)15-34-18-5-3-2-4-6-18/h2-6,11-12,16-17,28H,7-10,13-15,26H2,1H3,(H,27,30)(H,31,32). The highest BCUT2D eigenvalue weighted by Crippen LogP contribution is 2.29. The molecule has 1 fully saturated rings. The normalized spacial score (nSPS) is 15.4. The van der Waals surface area contributed by atoms with Crippen molar-refractivity contribution in [3.63, 3.8) is 0 Å². The SMILES string of the molecule is COc1cc(N)c(Cl)cc1C(=O)NCC1CCN(CC(COc2ccccc2)NC(=O)O)CC1. The lowest BCUT2D eigenvalue weighted by Gasteiger charge is -2.34. The fourth-order valence-electron chi connectivity index (χ4n) is 3.96. The fraction of sp³-hybridized carbons (Fsp3) is 0.417. The number of hydrogen-bond donors (Lipinski definition) is 4. The topological polar surface area (TPSA) is 126 Å². The Hall–Kier alpha value is -3.17. The van der Waals surface area contributed by atoms with Gasteiger partial charge in [-0.1, -0.05) is 29.8 Å². The maximum absolute atomic E-state index is 12.7. The van der Waals surface area contributed by atoms with Crippen LogP contribution in [0.5, 0.6) is 11.5 Å². The van der Waals surface area contributed by atoms with Crippen LogP contribution in [0.4, 0.5) is 10.5 Å². The number of carboxylic acid groups (broad SMARTS) is 1. The minimum absolute atomic E-state index is 0.248. The number of anilines is 1. The molecule has 2 aromatic carbocycles. The Morgan fingerprint density at radius 2 is 1.94 bits per heavy atom. The lowest BCUT2D eigenvalue weighted by Crippen LogP contribution is -2.49. The van der Waals surface area contributed by atoms with Crippen LogP contribution in [0.15, 0.2) is 42.5 Å². The second kappa shape index (κ2) is 12.3. The number of ether oxygens (including phenoxy) is 2. The Balaban J connectivity index is 1.46. The molecule has 0 aliphatic carbocycles. The van der Waals surface area contributed by atoms with Crippen molar-refractivity contribution in [2.75, 3.05) is 45.6 Å². The van der Waals surface area contributed by atoms with Gasteiger partial charge in [-0.05, 0) is 50.0 Å². The van der Waals surface area contributed by atoms with E-state index in [0.29, 0.717) is 46.8 Å². The summed E-state index contributed by atoms with van der Waals surface area (Å²) >= 11 is 6.07. The number of nitrogen functional groups attached to an aromatic ring is 1. The van der Waals surface area contributed by atoms with Crippen molar-refractivity contribution in [2.45, 2.75) is 18.9 Å². The minimum atomic E-state index is -1.07. The molecule has 10 heteroatoms. The van der Waals surface area contributed by atoms with Gasteiger partial charge in [0.2, 0.25) is 0 Å². The third-order valence-corrected chi connectivity index (χ3v) is 6.15. The molecule has 1 unspecified atom stereocenters. The van der Waals surface area contributed by atoms with Crippen LogP contribution in [0.2, 0.25) is 5.02 Å². The van der Waals surface area contributed by atoms with Crippen molar-refractivity contribution in [2.24, 2.45) is 5.92 Å². The number of carbonyl (C=O) groups excluding carboxylic acids is 1. The molecule has 2 aromatic rings. The molecule has 5 N–H and O–H groups in total. The van der Waals surface area contributed by atoms with Gasteiger partial charge in [-0.2, -0.15) is 0 Å². The molecule has 1 aliphatic heterocycles. The third-order valence-electron chi connectivity index (χ3n) is 5.82. The van der Waals surface area contributed by atoms with Crippen LogP contribution in [-0.4, -0.2) is 67.9 Å². The molecule has 0 saturated carbocycles. The van der Waals surface area contributed by atoms with Crippen LogP contribution in [0.1, 0.15) is 23.2 Å². The number of nitrogens with two attached hydrogens (primary N) is 1. The second-order valence-corrected chi connectivity index (χ2v) is 8.71. The first kappa shape index (κ1) is 25.5. The van der Waals surface area contributed by atoms with Crippen molar-refractivity contribution in [3.8, 4) is 11.5 Å². The van der Waals surface area contributed by atoms with E-state index in [2.05, 4.69) is 15.5 Å². The number of carbonyl (C=O) groups is 2. The molecule has 9 nitrogen and oxygen atoms in total. The largest absolute Gasteiger partial charge is 0.496 e. The van der Waals surface area contributed by atoms with Crippen LogP contribution < -0.4 is 25.8 Å². The summed E-state index contributed by atoms with van der Waals surface area (Å²) in [6.07, 6.45) is 0.704. The summed E-state index contributed by atoms with van der Waals surface area (Å²) in [4.78, 5) is 26.1. The van der Waals surface area contributed by atoms with E-state index in [1.807, 2.05) is 30.3 Å². The first-order valence-corrected chi connectivity index (χ1v) is 11.5. The van der Waals surface area contributed by atoms with E-state index in [1.54, 1.807) is 6.07 Å². The number of benzene rings is 2. The summed E-state index contributed by atoms with van der Waals surface area (Å²) < 4.78 is 11.0. The minimum Gasteiger partial charge on any atom is -0.496 e. The number of halogens is 1. The molecule has 0 spiro atoms. The van der Waals surface area contributed by atoms with E-state index in [0.717, 1.165) is 25.9 Å². The first-order valence-electron chi connectivity index (χ1n) is 11.2. The van der Waals surface area contributed by atoms with E-state index in [-0.39, 0.29) is 18.6 Å². The average molecular weight is 491 g/mol. The molecule has 1 aliphatic rings. The van der Waals surface area contributed by atoms with Gasteiger partial charge in [-0.3, -0.25) is 4.79 Å². The number of piperidine rings is 1. The van der Waals surface area contributed by atoms with Gasteiger partial charge in [-0.15, -0.1) is 0 Å².